The molecule has 2 aliphatic heterocycles. The molecule has 2 bridgehead atoms. The number of nitrogens with one attached hydrogen (secondary N) is 1. The number of aryl methyl sites for hydroxylation is 1. The molecule has 4 atom stereocenters. The average molecular weight is 276 g/mol. The minimum atomic E-state index is 0.354. The summed E-state index contributed by atoms with van der Waals surface area (Å²) < 4.78 is 11.1. The molecule has 1 aromatic carbocycles. The van der Waals surface area contributed by atoms with Crippen molar-refractivity contribution in [2.75, 3.05) is 7.11 Å². The van der Waals surface area contributed by atoms with Crippen molar-refractivity contribution in [3.8, 4) is 5.75 Å². The summed E-state index contributed by atoms with van der Waals surface area (Å²) in [6, 6.07) is 8.64. The van der Waals surface area contributed by atoms with Gasteiger partial charge < -0.3 is 9.47 Å². The highest BCUT2D eigenvalue weighted by atomic mass is 16.5. The molecule has 110 valence electrons. The third-order valence-electron chi connectivity index (χ3n) is 4.79. The molecule has 4 unspecified atom stereocenters. The Bertz CT molecular complexity index is 435. The molecule has 3 rings (SSSR count). The van der Waals surface area contributed by atoms with Crippen LogP contribution in [0.15, 0.2) is 24.3 Å². The summed E-state index contributed by atoms with van der Waals surface area (Å²) in [5, 5.41) is 0. The molecule has 1 aromatic rings. The van der Waals surface area contributed by atoms with Gasteiger partial charge in [-0.25, -0.2) is 0 Å². The van der Waals surface area contributed by atoms with Crippen LogP contribution in [0.2, 0.25) is 0 Å². The number of methoxy groups -OCH3 is 1. The normalized spacial score (nSPS) is 29.6. The van der Waals surface area contributed by atoms with Crippen LogP contribution >= 0.6 is 0 Å². The molecule has 0 amide bonds. The number of ether oxygens (including phenoxy) is 2. The largest absolute Gasteiger partial charge is 0.497 e. The van der Waals surface area contributed by atoms with Crippen LogP contribution in [0.1, 0.15) is 31.2 Å². The van der Waals surface area contributed by atoms with E-state index in [1.54, 1.807) is 7.11 Å². The van der Waals surface area contributed by atoms with E-state index in [0.717, 1.165) is 18.6 Å². The summed E-state index contributed by atoms with van der Waals surface area (Å²) in [6.07, 6.45) is 6.61. The van der Waals surface area contributed by atoms with Gasteiger partial charge in [-0.1, -0.05) is 12.1 Å². The molecule has 4 nitrogen and oxygen atoms in total. The first-order chi connectivity index (χ1) is 9.80. The van der Waals surface area contributed by atoms with E-state index in [4.69, 9.17) is 15.3 Å². The summed E-state index contributed by atoms with van der Waals surface area (Å²) in [5.41, 5.74) is 4.35. The Hall–Kier alpha value is -1.10. The molecular weight excluding hydrogens is 252 g/mol. The van der Waals surface area contributed by atoms with Crippen molar-refractivity contribution in [3.05, 3.63) is 29.8 Å². The Morgan fingerprint density at radius 3 is 2.70 bits per heavy atom. The van der Waals surface area contributed by atoms with Crippen molar-refractivity contribution in [1.82, 2.24) is 5.43 Å². The lowest BCUT2D eigenvalue weighted by atomic mass is 9.82. The number of hydrogen-bond donors (Lipinski definition) is 2. The van der Waals surface area contributed by atoms with E-state index in [0.29, 0.717) is 24.2 Å². The van der Waals surface area contributed by atoms with E-state index >= 15 is 0 Å². The fourth-order valence-electron chi connectivity index (χ4n) is 3.64. The molecule has 4 heteroatoms. The van der Waals surface area contributed by atoms with Crippen molar-refractivity contribution in [3.63, 3.8) is 0 Å². The molecule has 20 heavy (non-hydrogen) atoms. The maximum Gasteiger partial charge on any atom is 0.118 e. The zero-order valence-corrected chi connectivity index (χ0v) is 12.0. The van der Waals surface area contributed by atoms with Gasteiger partial charge in [-0.3, -0.25) is 11.3 Å². The first-order valence-electron chi connectivity index (χ1n) is 7.54. The topological polar surface area (TPSA) is 56.5 Å². The molecule has 2 aliphatic rings. The number of fused-ring (bicyclic) bond motifs is 2. The zero-order chi connectivity index (χ0) is 13.9. The number of hydrogen-bond acceptors (Lipinski definition) is 4. The van der Waals surface area contributed by atoms with E-state index in [1.165, 1.54) is 24.8 Å². The van der Waals surface area contributed by atoms with Gasteiger partial charge in [-0.15, -0.1) is 0 Å². The van der Waals surface area contributed by atoms with Crippen molar-refractivity contribution < 1.29 is 9.47 Å². The lowest BCUT2D eigenvalue weighted by molar-refractivity contribution is 0.0850. The summed E-state index contributed by atoms with van der Waals surface area (Å²) in [4.78, 5) is 0. The van der Waals surface area contributed by atoms with Crippen LogP contribution in [-0.4, -0.2) is 25.4 Å². The lowest BCUT2D eigenvalue weighted by Gasteiger charge is -2.27. The van der Waals surface area contributed by atoms with Crippen molar-refractivity contribution in [1.29, 1.82) is 0 Å². The number of nitrogens with two attached hydrogens (primary N) is 1. The van der Waals surface area contributed by atoms with Crippen LogP contribution in [0.4, 0.5) is 0 Å². The molecule has 0 radical (unpaired) electrons. The Morgan fingerprint density at radius 2 is 2.15 bits per heavy atom. The summed E-state index contributed by atoms with van der Waals surface area (Å²) in [7, 11) is 1.69. The number of hydrazine groups is 1. The van der Waals surface area contributed by atoms with Crippen LogP contribution < -0.4 is 16.0 Å². The van der Waals surface area contributed by atoms with Gasteiger partial charge in [0.2, 0.25) is 0 Å². The molecule has 2 heterocycles. The van der Waals surface area contributed by atoms with Gasteiger partial charge >= 0.3 is 0 Å². The second kappa shape index (κ2) is 6.12. The van der Waals surface area contributed by atoms with Crippen LogP contribution in [-0.2, 0) is 11.2 Å². The van der Waals surface area contributed by atoms with Crippen molar-refractivity contribution in [2.24, 2.45) is 11.8 Å². The molecule has 2 saturated heterocycles. The van der Waals surface area contributed by atoms with Crippen LogP contribution in [0.5, 0.6) is 5.75 Å². The van der Waals surface area contributed by atoms with Crippen LogP contribution in [0.25, 0.3) is 0 Å². The van der Waals surface area contributed by atoms with E-state index in [2.05, 4.69) is 17.6 Å². The molecule has 0 aromatic heterocycles. The Balaban J connectivity index is 1.55. The molecule has 0 spiro atoms. The first kappa shape index (κ1) is 13.9. The van der Waals surface area contributed by atoms with Crippen LogP contribution in [0, 0.1) is 5.92 Å². The Kier molecular flexibility index (Phi) is 4.24. The maximum atomic E-state index is 5.94. The van der Waals surface area contributed by atoms with Gasteiger partial charge in [-0.2, -0.15) is 0 Å². The van der Waals surface area contributed by atoms with E-state index < -0.39 is 0 Å². The van der Waals surface area contributed by atoms with Gasteiger partial charge in [0, 0.05) is 12.0 Å². The molecule has 3 N–H and O–H groups in total. The molecule has 0 aliphatic carbocycles. The molecule has 0 saturated carbocycles. The summed E-state index contributed by atoms with van der Waals surface area (Å²) in [6.45, 7) is 0. The van der Waals surface area contributed by atoms with E-state index in [9.17, 15) is 0 Å². The highest BCUT2D eigenvalue weighted by Gasteiger charge is 2.43. The number of benzene rings is 1. The minimum absolute atomic E-state index is 0.354. The Labute approximate surface area is 120 Å². The molecule has 2 fully saturated rings. The molecular formula is C16H24N2O2. The zero-order valence-electron chi connectivity index (χ0n) is 12.0. The second-order valence-electron chi connectivity index (χ2n) is 5.93. The Morgan fingerprint density at radius 1 is 1.35 bits per heavy atom. The monoisotopic (exact) mass is 276 g/mol. The SMILES string of the molecule is COc1ccc(CCC(NN)C2CC3CCC2O3)cc1. The minimum Gasteiger partial charge on any atom is -0.497 e. The van der Waals surface area contributed by atoms with Gasteiger partial charge in [-0.05, 0) is 49.8 Å². The quantitative estimate of drug-likeness (QED) is 0.616. The van der Waals surface area contributed by atoms with Gasteiger partial charge in [0.25, 0.3) is 0 Å². The van der Waals surface area contributed by atoms with Crippen molar-refractivity contribution in [2.45, 2.75) is 50.4 Å². The standard InChI is InChI=1S/C16H24N2O2/c1-19-12-5-2-11(3-6-12)4-8-15(18-17)14-10-13-7-9-16(14)20-13/h2-3,5-6,13-16,18H,4,7-10,17H2,1H3. The van der Waals surface area contributed by atoms with E-state index in [-0.39, 0.29) is 0 Å². The fraction of sp³-hybridized carbons (Fsp3) is 0.625. The lowest BCUT2D eigenvalue weighted by Crippen LogP contribution is -2.44. The second-order valence-corrected chi connectivity index (χ2v) is 5.93. The highest BCUT2D eigenvalue weighted by Crippen LogP contribution is 2.41. The number of rotatable bonds is 6. The van der Waals surface area contributed by atoms with Crippen molar-refractivity contribution >= 4 is 0 Å². The third-order valence-corrected chi connectivity index (χ3v) is 4.79. The average Bonchev–Trinajstić information content (AvgIpc) is 3.11. The fourth-order valence-corrected chi connectivity index (χ4v) is 3.64. The van der Waals surface area contributed by atoms with Gasteiger partial charge in [0.15, 0.2) is 0 Å². The van der Waals surface area contributed by atoms with Gasteiger partial charge in [0.05, 0.1) is 19.3 Å². The van der Waals surface area contributed by atoms with Crippen LogP contribution in [0.3, 0.4) is 0 Å². The van der Waals surface area contributed by atoms with E-state index in [1.807, 2.05) is 12.1 Å². The first-order valence-corrected chi connectivity index (χ1v) is 7.54. The predicted molar refractivity (Wildman–Crippen MR) is 78.4 cm³/mol. The third kappa shape index (κ3) is 2.82. The predicted octanol–water partition coefficient (Wildman–Crippen LogP) is 2.03. The maximum absolute atomic E-state index is 5.94. The highest BCUT2D eigenvalue weighted by molar-refractivity contribution is 5.27. The van der Waals surface area contributed by atoms with Gasteiger partial charge in [0.1, 0.15) is 5.75 Å². The summed E-state index contributed by atoms with van der Waals surface area (Å²) >= 11 is 0. The smallest absolute Gasteiger partial charge is 0.118 e. The summed E-state index contributed by atoms with van der Waals surface area (Å²) in [5.74, 6) is 7.26.